The van der Waals surface area contributed by atoms with Crippen LogP contribution >= 0.6 is 0 Å². The van der Waals surface area contributed by atoms with Gasteiger partial charge in [-0.25, -0.2) is 4.79 Å². The van der Waals surface area contributed by atoms with E-state index < -0.39 is 47.9 Å². The molecule has 0 heterocycles. The first-order chi connectivity index (χ1) is 18.5. The van der Waals surface area contributed by atoms with Gasteiger partial charge in [-0.1, -0.05) is 32.4 Å². The molecule has 12 nitrogen and oxygen atoms in total. The van der Waals surface area contributed by atoms with Gasteiger partial charge in [0.2, 0.25) is 17.7 Å². The molecule has 0 aliphatic rings. The SMILES string of the molecule is CCC(C)C(N)C(=O)NC(CCCCN)C(=O)NC(Cc1ccc(O)cc1)C(=O)NC(CCCCN)C(=O)O. The van der Waals surface area contributed by atoms with E-state index in [1.54, 1.807) is 12.1 Å². The maximum atomic E-state index is 13.4. The van der Waals surface area contributed by atoms with Crippen LogP contribution in [0.15, 0.2) is 24.3 Å². The minimum Gasteiger partial charge on any atom is -0.508 e. The Kier molecular flexibility index (Phi) is 15.7. The molecule has 12 heteroatoms. The Bertz CT molecular complexity index is 913. The fourth-order valence-electron chi connectivity index (χ4n) is 3.91. The Hall–Kier alpha value is -3.22. The molecule has 0 fully saturated rings. The lowest BCUT2D eigenvalue weighted by atomic mass is 9.98. The third kappa shape index (κ3) is 12.5. The van der Waals surface area contributed by atoms with Crippen LogP contribution in [0.2, 0.25) is 0 Å². The van der Waals surface area contributed by atoms with Gasteiger partial charge in [-0.05, 0) is 75.2 Å². The molecule has 39 heavy (non-hydrogen) atoms. The molecular weight excluding hydrogens is 504 g/mol. The van der Waals surface area contributed by atoms with E-state index in [0.29, 0.717) is 50.8 Å². The largest absolute Gasteiger partial charge is 0.508 e. The van der Waals surface area contributed by atoms with Gasteiger partial charge in [-0.15, -0.1) is 0 Å². The topological polar surface area (TPSA) is 223 Å². The van der Waals surface area contributed by atoms with E-state index in [2.05, 4.69) is 16.0 Å². The third-order valence-electron chi connectivity index (χ3n) is 6.71. The van der Waals surface area contributed by atoms with Crippen LogP contribution in [0.1, 0.15) is 64.4 Å². The number of unbranched alkanes of at least 4 members (excludes halogenated alkanes) is 2. The number of carbonyl (C=O) groups excluding carboxylic acids is 3. The Labute approximate surface area is 230 Å². The van der Waals surface area contributed by atoms with Gasteiger partial charge in [0.25, 0.3) is 0 Å². The number of benzene rings is 1. The van der Waals surface area contributed by atoms with E-state index >= 15 is 0 Å². The smallest absolute Gasteiger partial charge is 0.326 e. The number of hydrogen-bond acceptors (Lipinski definition) is 8. The highest BCUT2D eigenvalue weighted by Gasteiger charge is 2.31. The summed E-state index contributed by atoms with van der Waals surface area (Å²) in [6, 6.07) is 2.03. The highest BCUT2D eigenvalue weighted by molar-refractivity contribution is 5.94. The first-order valence-electron chi connectivity index (χ1n) is 13.6. The molecule has 1 aromatic rings. The van der Waals surface area contributed by atoms with Crippen molar-refractivity contribution < 1.29 is 29.4 Å². The first-order valence-corrected chi connectivity index (χ1v) is 13.6. The van der Waals surface area contributed by atoms with Crippen molar-refractivity contribution in [2.75, 3.05) is 13.1 Å². The molecule has 0 aromatic heterocycles. The van der Waals surface area contributed by atoms with Crippen molar-refractivity contribution in [1.82, 2.24) is 16.0 Å². The molecular formula is C27H46N6O6. The van der Waals surface area contributed by atoms with Gasteiger partial charge in [-0.2, -0.15) is 0 Å². The summed E-state index contributed by atoms with van der Waals surface area (Å²) in [6.45, 7) is 4.58. The van der Waals surface area contributed by atoms with Crippen LogP contribution < -0.4 is 33.2 Å². The van der Waals surface area contributed by atoms with Crippen LogP contribution in [0, 0.1) is 5.92 Å². The molecule has 0 saturated carbocycles. The van der Waals surface area contributed by atoms with Crippen LogP contribution in [-0.4, -0.2) is 71.2 Å². The van der Waals surface area contributed by atoms with Gasteiger partial charge in [0, 0.05) is 6.42 Å². The zero-order valence-corrected chi connectivity index (χ0v) is 23.0. The number of carboxylic acid groups (broad SMARTS) is 1. The van der Waals surface area contributed by atoms with Crippen molar-refractivity contribution in [2.45, 2.75) is 89.4 Å². The number of rotatable bonds is 19. The summed E-state index contributed by atoms with van der Waals surface area (Å²) in [5, 5.41) is 27.1. The zero-order valence-electron chi connectivity index (χ0n) is 23.0. The summed E-state index contributed by atoms with van der Waals surface area (Å²) in [7, 11) is 0. The Morgan fingerprint density at radius 3 is 1.79 bits per heavy atom. The van der Waals surface area contributed by atoms with Gasteiger partial charge in [0.15, 0.2) is 0 Å². The van der Waals surface area contributed by atoms with Crippen LogP contribution in [0.4, 0.5) is 0 Å². The highest BCUT2D eigenvalue weighted by atomic mass is 16.4. The van der Waals surface area contributed by atoms with Crippen molar-refractivity contribution in [2.24, 2.45) is 23.1 Å². The number of hydrogen-bond donors (Lipinski definition) is 8. The number of amides is 3. The number of phenolic OH excluding ortho intramolecular Hbond substituents is 1. The summed E-state index contributed by atoms with van der Waals surface area (Å²) >= 11 is 0. The van der Waals surface area contributed by atoms with Crippen molar-refractivity contribution in [3.63, 3.8) is 0 Å². The fraction of sp³-hybridized carbons (Fsp3) is 0.630. The minimum absolute atomic E-state index is 0.0306. The Balaban J connectivity index is 3.15. The molecule has 0 aliphatic carbocycles. The second-order valence-corrected chi connectivity index (χ2v) is 9.87. The molecule has 5 unspecified atom stereocenters. The molecule has 0 radical (unpaired) electrons. The average molecular weight is 551 g/mol. The predicted molar refractivity (Wildman–Crippen MR) is 148 cm³/mol. The molecule has 1 aromatic carbocycles. The summed E-state index contributed by atoms with van der Waals surface area (Å²) in [5.41, 5.74) is 17.8. The molecule has 0 saturated heterocycles. The molecule has 1 rings (SSSR count). The lowest BCUT2D eigenvalue weighted by Crippen LogP contribution is -2.58. The summed E-state index contributed by atoms with van der Waals surface area (Å²) in [5.74, 6) is -3.00. The molecule has 3 amide bonds. The van der Waals surface area contributed by atoms with E-state index in [1.807, 2.05) is 13.8 Å². The van der Waals surface area contributed by atoms with Crippen molar-refractivity contribution >= 4 is 23.7 Å². The van der Waals surface area contributed by atoms with Gasteiger partial charge >= 0.3 is 5.97 Å². The summed E-state index contributed by atoms with van der Waals surface area (Å²) in [4.78, 5) is 51.1. The second-order valence-electron chi connectivity index (χ2n) is 9.87. The molecule has 220 valence electrons. The standard InChI is InChI=1S/C27H46N6O6/c1-3-17(2)23(30)26(37)31-20(8-4-6-14-28)24(35)33-22(16-18-10-12-19(34)13-11-18)25(36)32-21(27(38)39)9-5-7-15-29/h10-13,17,20-23,34H,3-9,14-16,28-30H2,1-2H3,(H,31,37)(H,32,36)(H,33,35)(H,38,39). The van der Waals surface area contributed by atoms with Crippen molar-refractivity contribution in [1.29, 1.82) is 0 Å². The average Bonchev–Trinajstić information content (AvgIpc) is 2.91. The molecule has 11 N–H and O–H groups in total. The monoisotopic (exact) mass is 550 g/mol. The molecule has 0 aliphatic heterocycles. The number of aliphatic carboxylic acids is 1. The number of carboxylic acids is 1. The Morgan fingerprint density at radius 2 is 1.28 bits per heavy atom. The minimum atomic E-state index is -1.19. The van der Waals surface area contributed by atoms with Crippen LogP contribution in [0.3, 0.4) is 0 Å². The normalized spacial score (nSPS) is 14.9. The predicted octanol–water partition coefficient (Wildman–Crippen LogP) is 0.105. The summed E-state index contributed by atoms with van der Waals surface area (Å²) < 4.78 is 0. The van der Waals surface area contributed by atoms with Gasteiger partial charge in [0.05, 0.1) is 6.04 Å². The van der Waals surface area contributed by atoms with E-state index in [4.69, 9.17) is 17.2 Å². The van der Waals surface area contributed by atoms with Gasteiger partial charge in [0.1, 0.15) is 23.9 Å². The van der Waals surface area contributed by atoms with Crippen LogP contribution in [-0.2, 0) is 25.6 Å². The van der Waals surface area contributed by atoms with E-state index in [9.17, 15) is 29.4 Å². The van der Waals surface area contributed by atoms with Crippen molar-refractivity contribution in [3.8, 4) is 5.75 Å². The van der Waals surface area contributed by atoms with E-state index in [1.165, 1.54) is 12.1 Å². The summed E-state index contributed by atoms with van der Waals surface area (Å²) in [6.07, 6.45) is 3.49. The number of phenols is 1. The quantitative estimate of drug-likeness (QED) is 0.109. The number of nitrogens with two attached hydrogens (primary N) is 3. The molecule has 0 bridgehead atoms. The molecule has 5 atom stereocenters. The third-order valence-corrected chi connectivity index (χ3v) is 6.71. The van der Waals surface area contributed by atoms with Crippen LogP contribution in [0.5, 0.6) is 5.75 Å². The molecule has 0 spiro atoms. The highest BCUT2D eigenvalue weighted by Crippen LogP contribution is 2.13. The van der Waals surface area contributed by atoms with E-state index in [0.717, 1.165) is 0 Å². The van der Waals surface area contributed by atoms with Crippen molar-refractivity contribution in [3.05, 3.63) is 29.8 Å². The van der Waals surface area contributed by atoms with E-state index in [-0.39, 0.29) is 30.9 Å². The Morgan fingerprint density at radius 1 is 0.795 bits per heavy atom. The van der Waals surface area contributed by atoms with Gasteiger partial charge < -0.3 is 43.4 Å². The van der Waals surface area contributed by atoms with Gasteiger partial charge in [-0.3, -0.25) is 14.4 Å². The fourth-order valence-corrected chi connectivity index (χ4v) is 3.91. The maximum absolute atomic E-state index is 13.4. The zero-order chi connectivity index (χ0) is 29.4. The number of carbonyl (C=O) groups is 4. The number of nitrogens with one attached hydrogen (secondary N) is 3. The number of aromatic hydroxyl groups is 1. The second kappa shape index (κ2) is 18.1. The maximum Gasteiger partial charge on any atom is 0.326 e. The lowest BCUT2D eigenvalue weighted by Gasteiger charge is -2.26. The van der Waals surface area contributed by atoms with Crippen LogP contribution in [0.25, 0.3) is 0 Å². The lowest BCUT2D eigenvalue weighted by molar-refractivity contribution is -0.142. The first kappa shape index (κ1) is 33.8.